The first-order valence-electron chi connectivity index (χ1n) is 8.72. The van der Waals surface area contributed by atoms with Crippen LogP contribution in [-0.4, -0.2) is 20.4 Å². The molecule has 0 saturated carbocycles. The smallest absolute Gasteiger partial charge is 0.258 e. The van der Waals surface area contributed by atoms with Gasteiger partial charge in [-0.3, -0.25) is 19.9 Å². The molecule has 1 N–H and O–H groups in total. The number of benzene rings is 1. The highest BCUT2D eigenvalue weighted by atomic mass is 32.1. The molecule has 0 saturated heterocycles. The van der Waals surface area contributed by atoms with Crippen LogP contribution >= 0.6 is 11.3 Å². The van der Waals surface area contributed by atoms with E-state index in [4.69, 9.17) is 0 Å². The van der Waals surface area contributed by atoms with E-state index in [9.17, 15) is 14.0 Å². The van der Waals surface area contributed by atoms with Crippen molar-refractivity contribution < 1.29 is 9.18 Å². The van der Waals surface area contributed by atoms with Crippen molar-refractivity contribution in [2.45, 2.75) is 6.54 Å². The normalized spacial score (nSPS) is 10.7. The lowest BCUT2D eigenvalue weighted by Gasteiger charge is -2.08. The zero-order valence-electron chi connectivity index (χ0n) is 15.1. The fourth-order valence-electron chi connectivity index (χ4n) is 2.71. The Morgan fingerprint density at radius 2 is 1.90 bits per heavy atom. The lowest BCUT2D eigenvalue weighted by Crippen LogP contribution is -2.22. The van der Waals surface area contributed by atoms with Crippen molar-refractivity contribution in [3.8, 4) is 11.4 Å². The zero-order chi connectivity index (χ0) is 20.2. The standard InChI is InChI=1S/C21H15FN4O2S/c22-16-7-4-14(5-8-16)11-26-12-15(6-9-19(26)27)20(28)25-21-24-18(13-29-21)17-3-1-2-10-23-17/h1-10,12-13H,11H2,(H,24,25,28). The third kappa shape index (κ3) is 4.44. The van der Waals surface area contributed by atoms with E-state index in [1.165, 1.54) is 46.4 Å². The number of carbonyl (C=O) groups excluding carboxylic acids is 1. The average molecular weight is 406 g/mol. The van der Waals surface area contributed by atoms with Gasteiger partial charge in [-0.05, 0) is 35.9 Å². The number of pyridine rings is 2. The van der Waals surface area contributed by atoms with Crippen LogP contribution in [0.4, 0.5) is 9.52 Å². The number of amides is 1. The second kappa shape index (κ2) is 8.15. The number of carbonyl (C=O) groups is 1. The maximum atomic E-state index is 13.1. The SMILES string of the molecule is O=C(Nc1nc(-c2ccccn2)cs1)c1ccc(=O)n(Cc2ccc(F)cc2)c1. The van der Waals surface area contributed by atoms with E-state index in [0.717, 1.165) is 11.3 Å². The third-order valence-electron chi connectivity index (χ3n) is 4.16. The molecule has 3 aromatic heterocycles. The number of halogens is 1. The highest BCUT2D eigenvalue weighted by Crippen LogP contribution is 2.23. The van der Waals surface area contributed by atoms with Crippen LogP contribution in [0.5, 0.6) is 0 Å². The molecule has 29 heavy (non-hydrogen) atoms. The molecule has 1 aromatic carbocycles. The number of rotatable bonds is 5. The zero-order valence-corrected chi connectivity index (χ0v) is 15.9. The molecule has 0 aliphatic carbocycles. The summed E-state index contributed by atoms with van der Waals surface area (Å²) in [6.07, 6.45) is 3.16. The van der Waals surface area contributed by atoms with Gasteiger partial charge in [-0.2, -0.15) is 0 Å². The molecule has 0 radical (unpaired) electrons. The fourth-order valence-corrected chi connectivity index (χ4v) is 3.41. The Balaban J connectivity index is 1.51. The molecule has 144 valence electrons. The summed E-state index contributed by atoms with van der Waals surface area (Å²) in [5, 5.41) is 4.99. The number of thiazole rings is 1. The van der Waals surface area contributed by atoms with Crippen LogP contribution in [0.25, 0.3) is 11.4 Å². The molecule has 0 aliphatic rings. The van der Waals surface area contributed by atoms with E-state index < -0.39 is 0 Å². The Labute approximate surface area is 169 Å². The van der Waals surface area contributed by atoms with Crippen LogP contribution in [0.15, 0.2) is 77.2 Å². The fraction of sp³-hybridized carbons (Fsp3) is 0.0476. The number of hydrogen-bond acceptors (Lipinski definition) is 5. The van der Waals surface area contributed by atoms with Gasteiger partial charge in [0, 0.05) is 23.8 Å². The lowest BCUT2D eigenvalue weighted by atomic mass is 10.2. The van der Waals surface area contributed by atoms with E-state index in [2.05, 4.69) is 15.3 Å². The van der Waals surface area contributed by atoms with E-state index in [0.29, 0.717) is 16.4 Å². The largest absolute Gasteiger partial charge is 0.310 e. The number of nitrogens with one attached hydrogen (secondary N) is 1. The van der Waals surface area contributed by atoms with Crippen LogP contribution in [0.1, 0.15) is 15.9 Å². The highest BCUT2D eigenvalue weighted by Gasteiger charge is 2.12. The summed E-state index contributed by atoms with van der Waals surface area (Å²) in [5.74, 6) is -0.720. The van der Waals surface area contributed by atoms with E-state index in [1.54, 1.807) is 18.3 Å². The van der Waals surface area contributed by atoms with Crippen molar-refractivity contribution >= 4 is 22.4 Å². The number of nitrogens with zero attached hydrogens (tertiary/aromatic N) is 3. The molecule has 0 unspecified atom stereocenters. The van der Waals surface area contributed by atoms with E-state index in [1.807, 2.05) is 23.6 Å². The van der Waals surface area contributed by atoms with Crippen LogP contribution in [0.2, 0.25) is 0 Å². The molecule has 1 amide bonds. The molecule has 6 nitrogen and oxygen atoms in total. The molecule has 0 bridgehead atoms. The summed E-state index contributed by atoms with van der Waals surface area (Å²) in [6, 6.07) is 14.2. The topological polar surface area (TPSA) is 76.9 Å². The Kier molecular flexibility index (Phi) is 5.26. The summed E-state index contributed by atoms with van der Waals surface area (Å²) < 4.78 is 14.5. The number of anilines is 1. The van der Waals surface area contributed by atoms with Crippen molar-refractivity contribution in [2.75, 3.05) is 5.32 Å². The highest BCUT2D eigenvalue weighted by molar-refractivity contribution is 7.14. The van der Waals surface area contributed by atoms with Gasteiger partial charge in [0.05, 0.1) is 17.8 Å². The first-order valence-corrected chi connectivity index (χ1v) is 9.60. The van der Waals surface area contributed by atoms with Crippen molar-refractivity contribution in [3.05, 3.63) is 99.7 Å². The van der Waals surface area contributed by atoms with Crippen molar-refractivity contribution in [1.82, 2.24) is 14.5 Å². The summed E-state index contributed by atoms with van der Waals surface area (Å²) in [7, 11) is 0. The number of aromatic nitrogens is 3. The Hall–Kier alpha value is -3.65. The maximum Gasteiger partial charge on any atom is 0.258 e. The van der Waals surface area contributed by atoms with Gasteiger partial charge in [-0.1, -0.05) is 18.2 Å². The van der Waals surface area contributed by atoms with Gasteiger partial charge in [0.2, 0.25) is 0 Å². The minimum Gasteiger partial charge on any atom is -0.310 e. The van der Waals surface area contributed by atoms with Crippen molar-refractivity contribution in [3.63, 3.8) is 0 Å². The predicted molar refractivity (Wildman–Crippen MR) is 110 cm³/mol. The second-order valence-electron chi connectivity index (χ2n) is 6.22. The minimum absolute atomic E-state index is 0.237. The Bertz CT molecular complexity index is 1200. The van der Waals surface area contributed by atoms with Crippen molar-refractivity contribution in [1.29, 1.82) is 0 Å². The van der Waals surface area contributed by atoms with Gasteiger partial charge in [-0.25, -0.2) is 9.37 Å². The molecule has 0 aliphatic heterocycles. The molecular formula is C21H15FN4O2S. The quantitative estimate of drug-likeness (QED) is 0.547. The van der Waals surface area contributed by atoms with Crippen LogP contribution in [0.3, 0.4) is 0 Å². The molecule has 8 heteroatoms. The molecule has 0 atom stereocenters. The first-order chi connectivity index (χ1) is 14.1. The Morgan fingerprint density at radius 3 is 2.66 bits per heavy atom. The van der Waals surface area contributed by atoms with Gasteiger partial charge in [0.1, 0.15) is 11.5 Å². The second-order valence-corrected chi connectivity index (χ2v) is 7.08. The lowest BCUT2D eigenvalue weighted by molar-refractivity contribution is 0.102. The van der Waals surface area contributed by atoms with Crippen LogP contribution < -0.4 is 10.9 Å². The first kappa shape index (κ1) is 18.7. The predicted octanol–water partition coefficient (Wildman–Crippen LogP) is 3.81. The molecule has 4 rings (SSSR count). The van der Waals surface area contributed by atoms with Gasteiger partial charge in [-0.15, -0.1) is 11.3 Å². The molecule has 3 heterocycles. The molecule has 0 spiro atoms. The van der Waals surface area contributed by atoms with Crippen LogP contribution in [-0.2, 0) is 6.54 Å². The summed E-state index contributed by atoms with van der Waals surface area (Å²) in [4.78, 5) is 33.3. The number of hydrogen-bond donors (Lipinski definition) is 1. The van der Waals surface area contributed by atoms with E-state index >= 15 is 0 Å². The summed E-state index contributed by atoms with van der Waals surface area (Å²) >= 11 is 1.29. The molecular weight excluding hydrogens is 391 g/mol. The van der Waals surface area contributed by atoms with Gasteiger partial charge < -0.3 is 4.57 Å². The maximum absolute atomic E-state index is 13.1. The van der Waals surface area contributed by atoms with Gasteiger partial charge in [0.25, 0.3) is 11.5 Å². The van der Waals surface area contributed by atoms with Gasteiger partial charge >= 0.3 is 0 Å². The molecule has 0 fully saturated rings. The van der Waals surface area contributed by atoms with Gasteiger partial charge in [0.15, 0.2) is 5.13 Å². The van der Waals surface area contributed by atoms with Crippen molar-refractivity contribution in [2.24, 2.45) is 0 Å². The van der Waals surface area contributed by atoms with E-state index in [-0.39, 0.29) is 23.8 Å². The monoisotopic (exact) mass is 406 g/mol. The molecule has 4 aromatic rings. The minimum atomic E-state index is -0.375. The Morgan fingerprint density at radius 1 is 1.07 bits per heavy atom. The van der Waals surface area contributed by atoms with Crippen LogP contribution in [0, 0.1) is 5.82 Å². The average Bonchev–Trinajstić information content (AvgIpc) is 3.20. The third-order valence-corrected chi connectivity index (χ3v) is 4.92. The summed E-state index contributed by atoms with van der Waals surface area (Å²) in [6.45, 7) is 0.237. The summed E-state index contributed by atoms with van der Waals surface area (Å²) in [5.41, 5.74) is 2.22.